The van der Waals surface area contributed by atoms with E-state index in [-0.39, 0.29) is 5.91 Å². The van der Waals surface area contributed by atoms with Crippen molar-refractivity contribution in [2.75, 3.05) is 39.3 Å². The van der Waals surface area contributed by atoms with Crippen molar-refractivity contribution in [2.24, 2.45) is 11.7 Å². The van der Waals surface area contributed by atoms with E-state index in [1.165, 1.54) is 44.9 Å². The van der Waals surface area contributed by atoms with Crippen molar-refractivity contribution in [3.63, 3.8) is 0 Å². The molecular formula is C18H38N4O. The second kappa shape index (κ2) is 14.9. The first kappa shape index (κ1) is 20.4. The van der Waals surface area contributed by atoms with Crippen LogP contribution >= 0.6 is 0 Å². The number of nitrogens with two attached hydrogens (primary N) is 1. The summed E-state index contributed by atoms with van der Waals surface area (Å²) in [6.45, 7) is 5.74. The number of unbranched alkanes of at least 4 members (excludes halogenated alkanes) is 1. The molecule has 0 aromatic carbocycles. The van der Waals surface area contributed by atoms with Crippen LogP contribution in [0.4, 0.5) is 0 Å². The summed E-state index contributed by atoms with van der Waals surface area (Å²) in [5.74, 6) is 0.890. The van der Waals surface area contributed by atoms with Crippen LogP contribution in [0.15, 0.2) is 0 Å². The molecule has 5 N–H and O–H groups in total. The van der Waals surface area contributed by atoms with Crippen LogP contribution in [0, 0.1) is 5.92 Å². The van der Waals surface area contributed by atoms with Gasteiger partial charge in [-0.2, -0.15) is 0 Å². The molecule has 5 heteroatoms. The molecule has 0 bridgehead atoms. The van der Waals surface area contributed by atoms with Gasteiger partial charge in [0.1, 0.15) is 0 Å². The van der Waals surface area contributed by atoms with E-state index in [1.807, 2.05) is 0 Å². The molecule has 5 nitrogen and oxygen atoms in total. The maximum absolute atomic E-state index is 11.8. The van der Waals surface area contributed by atoms with Gasteiger partial charge in [0.05, 0.1) is 0 Å². The summed E-state index contributed by atoms with van der Waals surface area (Å²) in [5.41, 5.74) is 5.44. The molecule has 1 amide bonds. The van der Waals surface area contributed by atoms with E-state index >= 15 is 0 Å². The first-order valence-electron chi connectivity index (χ1n) is 9.71. The first-order valence-corrected chi connectivity index (χ1v) is 9.71. The lowest BCUT2D eigenvalue weighted by atomic mass is 9.87. The minimum Gasteiger partial charge on any atom is -0.356 e. The fraction of sp³-hybridized carbons (Fsp3) is 0.944. The smallest absolute Gasteiger partial charge is 0.220 e. The molecule has 1 rings (SSSR count). The molecule has 0 atom stereocenters. The van der Waals surface area contributed by atoms with Crippen molar-refractivity contribution in [1.29, 1.82) is 0 Å². The van der Waals surface area contributed by atoms with Gasteiger partial charge in [-0.1, -0.05) is 19.3 Å². The Morgan fingerprint density at radius 3 is 2.09 bits per heavy atom. The zero-order valence-electron chi connectivity index (χ0n) is 14.9. The summed E-state index contributed by atoms with van der Waals surface area (Å²) >= 11 is 0. The number of carbonyl (C=O) groups excluding carboxylic acids is 1. The van der Waals surface area contributed by atoms with Crippen LogP contribution in [0.1, 0.15) is 64.2 Å². The van der Waals surface area contributed by atoms with Crippen molar-refractivity contribution in [1.82, 2.24) is 16.0 Å². The Morgan fingerprint density at radius 2 is 1.43 bits per heavy atom. The van der Waals surface area contributed by atoms with E-state index in [4.69, 9.17) is 5.73 Å². The molecule has 0 aromatic heterocycles. The van der Waals surface area contributed by atoms with E-state index < -0.39 is 0 Å². The van der Waals surface area contributed by atoms with Gasteiger partial charge in [-0.15, -0.1) is 0 Å². The summed E-state index contributed by atoms with van der Waals surface area (Å²) in [4.78, 5) is 11.8. The maximum Gasteiger partial charge on any atom is 0.220 e. The molecule has 0 unspecified atom stereocenters. The highest BCUT2D eigenvalue weighted by Crippen LogP contribution is 2.25. The van der Waals surface area contributed by atoms with E-state index in [0.717, 1.165) is 58.5 Å². The molecule has 0 saturated heterocycles. The van der Waals surface area contributed by atoms with Gasteiger partial charge in [-0.3, -0.25) is 4.79 Å². The average molecular weight is 327 g/mol. The van der Waals surface area contributed by atoms with Crippen molar-refractivity contribution in [2.45, 2.75) is 64.2 Å². The molecular weight excluding hydrogens is 288 g/mol. The van der Waals surface area contributed by atoms with E-state index in [9.17, 15) is 4.79 Å². The fourth-order valence-corrected chi connectivity index (χ4v) is 3.14. The Kier molecular flexibility index (Phi) is 13.2. The number of carbonyl (C=O) groups is 1. The lowest BCUT2D eigenvalue weighted by molar-refractivity contribution is -0.122. The summed E-state index contributed by atoms with van der Waals surface area (Å²) in [6.07, 6.45) is 11.7. The molecule has 23 heavy (non-hydrogen) atoms. The van der Waals surface area contributed by atoms with Crippen LogP contribution in [0.3, 0.4) is 0 Å². The molecule has 1 saturated carbocycles. The van der Waals surface area contributed by atoms with E-state index in [2.05, 4.69) is 16.0 Å². The van der Waals surface area contributed by atoms with Crippen LogP contribution in [0.25, 0.3) is 0 Å². The standard InChI is InChI=1S/C18H38N4O/c19-10-6-13-20-11-4-5-12-21-14-7-15-22-18(23)16-17-8-2-1-3-9-17/h17,20-21H,1-16,19H2,(H,22,23). The van der Waals surface area contributed by atoms with Crippen LogP contribution < -0.4 is 21.7 Å². The Hall–Kier alpha value is -0.650. The largest absolute Gasteiger partial charge is 0.356 e. The maximum atomic E-state index is 11.8. The second-order valence-corrected chi connectivity index (χ2v) is 6.76. The normalized spacial score (nSPS) is 15.7. The topological polar surface area (TPSA) is 79.2 Å². The lowest BCUT2D eigenvalue weighted by Crippen LogP contribution is -2.29. The molecule has 0 aromatic rings. The number of hydrogen-bond donors (Lipinski definition) is 4. The number of rotatable bonds is 14. The van der Waals surface area contributed by atoms with E-state index in [0.29, 0.717) is 5.92 Å². The van der Waals surface area contributed by atoms with Gasteiger partial charge in [0.25, 0.3) is 0 Å². The first-order chi connectivity index (χ1) is 11.3. The molecule has 1 aliphatic carbocycles. The Morgan fingerprint density at radius 1 is 0.826 bits per heavy atom. The zero-order valence-corrected chi connectivity index (χ0v) is 14.9. The monoisotopic (exact) mass is 326 g/mol. The van der Waals surface area contributed by atoms with Crippen molar-refractivity contribution in [3.8, 4) is 0 Å². The third kappa shape index (κ3) is 12.4. The molecule has 0 radical (unpaired) electrons. The van der Waals surface area contributed by atoms with Gasteiger partial charge in [-0.05, 0) is 77.2 Å². The average Bonchev–Trinajstić information content (AvgIpc) is 2.57. The third-order valence-corrected chi connectivity index (χ3v) is 4.57. The molecule has 0 spiro atoms. The highest BCUT2D eigenvalue weighted by molar-refractivity contribution is 5.76. The summed E-state index contributed by atoms with van der Waals surface area (Å²) in [5, 5.41) is 9.89. The third-order valence-electron chi connectivity index (χ3n) is 4.57. The minimum absolute atomic E-state index is 0.250. The minimum atomic E-state index is 0.250. The Balaban J connectivity index is 1.77. The van der Waals surface area contributed by atoms with Gasteiger partial charge in [0.15, 0.2) is 0 Å². The number of nitrogens with one attached hydrogen (secondary N) is 3. The Labute approximate surface area is 142 Å². The summed E-state index contributed by atoms with van der Waals surface area (Å²) in [6, 6.07) is 0. The number of amides is 1. The predicted molar refractivity (Wildman–Crippen MR) is 97.5 cm³/mol. The molecule has 0 aliphatic heterocycles. The van der Waals surface area contributed by atoms with Gasteiger partial charge in [-0.25, -0.2) is 0 Å². The molecule has 0 heterocycles. The highest BCUT2D eigenvalue weighted by Gasteiger charge is 2.16. The van der Waals surface area contributed by atoms with Gasteiger partial charge in [0, 0.05) is 13.0 Å². The molecule has 136 valence electrons. The number of hydrogen-bond acceptors (Lipinski definition) is 4. The Bertz CT molecular complexity index is 280. The van der Waals surface area contributed by atoms with Crippen molar-refractivity contribution >= 4 is 5.91 Å². The molecule has 1 fully saturated rings. The zero-order chi connectivity index (χ0) is 16.6. The van der Waals surface area contributed by atoms with E-state index in [1.54, 1.807) is 0 Å². The molecule has 1 aliphatic rings. The van der Waals surface area contributed by atoms with Gasteiger partial charge < -0.3 is 21.7 Å². The van der Waals surface area contributed by atoms with Crippen molar-refractivity contribution < 1.29 is 4.79 Å². The second-order valence-electron chi connectivity index (χ2n) is 6.76. The van der Waals surface area contributed by atoms with Crippen LogP contribution in [0.2, 0.25) is 0 Å². The quantitative estimate of drug-likeness (QED) is 0.367. The lowest BCUT2D eigenvalue weighted by Gasteiger charge is -2.20. The van der Waals surface area contributed by atoms with Crippen LogP contribution in [0.5, 0.6) is 0 Å². The van der Waals surface area contributed by atoms with Gasteiger partial charge >= 0.3 is 0 Å². The van der Waals surface area contributed by atoms with Gasteiger partial charge in [0.2, 0.25) is 5.91 Å². The summed E-state index contributed by atoms with van der Waals surface area (Å²) < 4.78 is 0. The highest BCUT2D eigenvalue weighted by atomic mass is 16.1. The predicted octanol–water partition coefficient (Wildman–Crippen LogP) is 1.77. The SMILES string of the molecule is NCCCNCCCCNCCCNC(=O)CC1CCCCC1. The van der Waals surface area contributed by atoms with Crippen LogP contribution in [-0.2, 0) is 4.79 Å². The van der Waals surface area contributed by atoms with Crippen molar-refractivity contribution in [3.05, 3.63) is 0 Å². The van der Waals surface area contributed by atoms with Crippen LogP contribution in [-0.4, -0.2) is 45.2 Å². The fourth-order valence-electron chi connectivity index (χ4n) is 3.14. The summed E-state index contributed by atoms with van der Waals surface area (Å²) in [7, 11) is 0.